The number of ether oxygens (including phenoxy) is 2. The van der Waals surface area contributed by atoms with Gasteiger partial charge in [0.15, 0.2) is 11.7 Å². The van der Waals surface area contributed by atoms with Gasteiger partial charge in [-0.25, -0.2) is 9.59 Å². The monoisotopic (exact) mass is 442 g/mol. The predicted molar refractivity (Wildman–Crippen MR) is 115 cm³/mol. The molecule has 2 atom stereocenters. The fourth-order valence-corrected chi connectivity index (χ4v) is 3.56. The van der Waals surface area contributed by atoms with Crippen LogP contribution in [-0.4, -0.2) is 66.7 Å². The predicted octanol–water partition coefficient (Wildman–Crippen LogP) is 1.49. The topological polar surface area (TPSA) is 134 Å². The van der Waals surface area contributed by atoms with Crippen LogP contribution in [0, 0.1) is 0 Å². The van der Waals surface area contributed by atoms with E-state index in [1.165, 1.54) is 7.11 Å². The molecular formula is C23H26N2O7. The Morgan fingerprint density at radius 3 is 2.12 bits per heavy atom. The van der Waals surface area contributed by atoms with Crippen molar-refractivity contribution in [1.29, 1.82) is 0 Å². The van der Waals surface area contributed by atoms with E-state index in [1.807, 2.05) is 48.5 Å². The second kappa shape index (κ2) is 9.80. The van der Waals surface area contributed by atoms with Gasteiger partial charge in [0, 0.05) is 13.0 Å². The number of hydrogen-bond acceptors (Lipinski definition) is 6. The number of carboxylic acid groups (broad SMARTS) is 1. The summed E-state index contributed by atoms with van der Waals surface area (Å²) in [7, 11) is 1.28. The summed E-state index contributed by atoms with van der Waals surface area (Å²) in [4.78, 5) is 35.3. The lowest BCUT2D eigenvalue weighted by Gasteiger charge is -2.21. The largest absolute Gasteiger partial charge is 0.479 e. The summed E-state index contributed by atoms with van der Waals surface area (Å²) < 4.78 is 10.5. The first kappa shape index (κ1) is 23.2. The van der Waals surface area contributed by atoms with E-state index in [4.69, 9.17) is 14.6 Å². The number of methoxy groups -OCH3 is 1. The number of aliphatic carboxylic acids is 1. The number of benzene rings is 2. The van der Waals surface area contributed by atoms with Gasteiger partial charge in [-0.3, -0.25) is 4.79 Å². The Labute approximate surface area is 185 Å². The zero-order valence-electron chi connectivity index (χ0n) is 17.8. The molecule has 2 amide bonds. The van der Waals surface area contributed by atoms with Crippen molar-refractivity contribution in [2.24, 2.45) is 0 Å². The third-order valence-corrected chi connectivity index (χ3v) is 5.42. The highest BCUT2D eigenvalue weighted by molar-refractivity contribution is 5.83. The van der Waals surface area contributed by atoms with Crippen LogP contribution in [0.3, 0.4) is 0 Å². The lowest BCUT2D eigenvalue weighted by atomic mass is 9.98. The standard InChI is InChI=1S/C23H26N2O7/c1-23(30,21(27)28)13-25-20(26)19(31-2)11-24-22(29)32-12-18-16-9-5-3-7-14(16)15-8-4-6-10-17(15)18/h3-10,18-19,30H,11-13H2,1-2H3,(H,24,29)(H,25,26)(H,27,28). The Balaban J connectivity index is 1.53. The average molecular weight is 442 g/mol. The molecule has 1 aliphatic carbocycles. The summed E-state index contributed by atoms with van der Waals surface area (Å²) in [5.74, 6) is -2.23. The zero-order valence-corrected chi connectivity index (χ0v) is 17.8. The van der Waals surface area contributed by atoms with Crippen molar-refractivity contribution in [2.75, 3.05) is 26.8 Å². The minimum absolute atomic E-state index is 0.0899. The second-order valence-corrected chi connectivity index (χ2v) is 7.73. The van der Waals surface area contributed by atoms with E-state index in [0.717, 1.165) is 29.2 Å². The van der Waals surface area contributed by atoms with Crippen LogP contribution in [0.5, 0.6) is 0 Å². The van der Waals surface area contributed by atoms with Crippen LogP contribution in [0.25, 0.3) is 11.1 Å². The summed E-state index contributed by atoms with van der Waals surface area (Å²) >= 11 is 0. The molecule has 0 aromatic heterocycles. The molecule has 0 radical (unpaired) electrons. The molecule has 2 unspecified atom stereocenters. The van der Waals surface area contributed by atoms with Gasteiger partial charge in [-0.15, -0.1) is 0 Å². The van der Waals surface area contributed by atoms with Crippen molar-refractivity contribution in [3.8, 4) is 11.1 Å². The number of carbonyl (C=O) groups is 3. The Kier molecular flexibility index (Phi) is 7.12. The maximum atomic E-state index is 12.2. The molecular weight excluding hydrogens is 416 g/mol. The van der Waals surface area contributed by atoms with E-state index in [-0.39, 0.29) is 19.1 Å². The van der Waals surface area contributed by atoms with Crippen molar-refractivity contribution in [2.45, 2.75) is 24.5 Å². The van der Waals surface area contributed by atoms with Crippen molar-refractivity contribution >= 4 is 18.0 Å². The highest BCUT2D eigenvalue weighted by Gasteiger charge is 2.32. The normalized spacial score (nSPS) is 15.1. The minimum Gasteiger partial charge on any atom is -0.479 e. The number of aliphatic hydroxyl groups is 1. The third kappa shape index (κ3) is 5.06. The van der Waals surface area contributed by atoms with Gasteiger partial charge in [-0.1, -0.05) is 48.5 Å². The van der Waals surface area contributed by atoms with Crippen LogP contribution >= 0.6 is 0 Å². The average Bonchev–Trinajstić information content (AvgIpc) is 3.10. The van der Waals surface area contributed by atoms with Crippen molar-refractivity contribution in [1.82, 2.24) is 10.6 Å². The number of hydrogen-bond donors (Lipinski definition) is 4. The van der Waals surface area contributed by atoms with Gasteiger partial charge < -0.3 is 30.3 Å². The van der Waals surface area contributed by atoms with Crippen LogP contribution in [-0.2, 0) is 19.1 Å². The number of rotatable bonds is 9. The summed E-state index contributed by atoms with van der Waals surface area (Å²) in [6.07, 6.45) is -1.79. The number of alkyl carbamates (subject to hydrolysis) is 1. The van der Waals surface area contributed by atoms with E-state index in [9.17, 15) is 19.5 Å². The van der Waals surface area contributed by atoms with Crippen LogP contribution in [0.2, 0.25) is 0 Å². The summed E-state index contributed by atoms with van der Waals surface area (Å²) in [5, 5.41) is 23.3. The molecule has 0 saturated carbocycles. The van der Waals surface area contributed by atoms with Gasteiger partial charge in [0.25, 0.3) is 5.91 Å². The molecule has 1 aliphatic rings. The molecule has 170 valence electrons. The lowest BCUT2D eigenvalue weighted by molar-refractivity contribution is -0.156. The number of carboxylic acids is 1. The van der Waals surface area contributed by atoms with Crippen molar-refractivity contribution < 1.29 is 34.1 Å². The quantitative estimate of drug-likeness (QED) is 0.462. The van der Waals surface area contributed by atoms with Gasteiger partial charge >= 0.3 is 12.1 Å². The van der Waals surface area contributed by atoms with Crippen LogP contribution in [0.1, 0.15) is 24.0 Å². The van der Waals surface area contributed by atoms with E-state index in [1.54, 1.807) is 0 Å². The Morgan fingerprint density at radius 2 is 1.59 bits per heavy atom. The van der Waals surface area contributed by atoms with E-state index in [2.05, 4.69) is 10.6 Å². The van der Waals surface area contributed by atoms with E-state index >= 15 is 0 Å². The molecule has 2 aromatic carbocycles. The van der Waals surface area contributed by atoms with Crippen molar-refractivity contribution in [3.63, 3.8) is 0 Å². The lowest BCUT2D eigenvalue weighted by Crippen LogP contribution is -2.51. The van der Waals surface area contributed by atoms with Crippen LogP contribution in [0.15, 0.2) is 48.5 Å². The van der Waals surface area contributed by atoms with Crippen molar-refractivity contribution in [3.05, 3.63) is 59.7 Å². The van der Waals surface area contributed by atoms with E-state index < -0.39 is 36.2 Å². The summed E-state index contributed by atoms with van der Waals surface area (Å²) in [6.45, 7) is 0.498. The van der Waals surface area contributed by atoms with Gasteiger partial charge in [-0.05, 0) is 29.2 Å². The molecule has 2 aromatic rings. The zero-order chi connectivity index (χ0) is 23.3. The fourth-order valence-electron chi connectivity index (χ4n) is 3.56. The molecule has 32 heavy (non-hydrogen) atoms. The third-order valence-electron chi connectivity index (χ3n) is 5.42. The first-order valence-corrected chi connectivity index (χ1v) is 10.1. The van der Waals surface area contributed by atoms with Gasteiger partial charge in [0.2, 0.25) is 0 Å². The maximum Gasteiger partial charge on any atom is 0.407 e. The number of fused-ring (bicyclic) bond motifs is 3. The minimum atomic E-state index is -2.12. The maximum absolute atomic E-state index is 12.2. The first-order chi connectivity index (χ1) is 15.2. The van der Waals surface area contributed by atoms with Crippen LogP contribution in [0.4, 0.5) is 4.79 Å². The van der Waals surface area contributed by atoms with Crippen LogP contribution < -0.4 is 10.6 Å². The molecule has 0 heterocycles. The SMILES string of the molecule is COC(CNC(=O)OCC1c2ccccc2-c2ccccc21)C(=O)NCC(C)(O)C(=O)O. The van der Waals surface area contributed by atoms with Gasteiger partial charge in [-0.2, -0.15) is 0 Å². The molecule has 4 N–H and O–H groups in total. The van der Waals surface area contributed by atoms with Gasteiger partial charge in [0.1, 0.15) is 6.61 Å². The molecule has 9 heteroatoms. The highest BCUT2D eigenvalue weighted by Crippen LogP contribution is 2.44. The Hall–Kier alpha value is -3.43. The molecule has 0 aliphatic heterocycles. The number of nitrogens with one attached hydrogen (secondary N) is 2. The molecule has 0 saturated heterocycles. The molecule has 0 bridgehead atoms. The number of amides is 2. The summed E-state index contributed by atoms with van der Waals surface area (Å²) in [5.41, 5.74) is 2.28. The Bertz CT molecular complexity index is 960. The van der Waals surface area contributed by atoms with E-state index in [0.29, 0.717) is 0 Å². The van der Waals surface area contributed by atoms with Gasteiger partial charge in [0.05, 0.1) is 13.1 Å². The molecule has 3 rings (SSSR count). The second-order valence-electron chi connectivity index (χ2n) is 7.73. The number of carbonyl (C=O) groups excluding carboxylic acids is 2. The fraction of sp³-hybridized carbons (Fsp3) is 0.348. The first-order valence-electron chi connectivity index (χ1n) is 10.1. The highest BCUT2D eigenvalue weighted by atomic mass is 16.5. The molecule has 9 nitrogen and oxygen atoms in total. The Morgan fingerprint density at radius 1 is 1.03 bits per heavy atom. The molecule has 0 fully saturated rings. The summed E-state index contributed by atoms with van der Waals surface area (Å²) in [6, 6.07) is 15.9. The molecule has 0 spiro atoms. The smallest absolute Gasteiger partial charge is 0.407 e.